The maximum Gasteiger partial charge on any atom is 0.142 e. The minimum atomic E-state index is -0.0707. The van der Waals surface area contributed by atoms with Crippen molar-refractivity contribution in [3.63, 3.8) is 0 Å². The fourth-order valence-corrected chi connectivity index (χ4v) is 3.91. The van der Waals surface area contributed by atoms with Crippen molar-refractivity contribution >= 4 is 5.78 Å². The summed E-state index contributed by atoms with van der Waals surface area (Å²) < 4.78 is 6.15. The van der Waals surface area contributed by atoms with Gasteiger partial charge in [0.25, 0.3) is 0 Å². The number of hydrogen-bond acceptors (Lipinski definition) is 2. The molecule has 0 N–H and O–H groups in total. The molecule has 1 heterocycles. The van der Waals surface area contributed by atoms with E-state index in [0.29, 0.717) is 11.7 Å². The molecule has 88 valence electrons. The minimum Gasteiger partial charge on any atom is -0.369 e. The zero-order chi connectivity index (χ0) is 11.5. The van der Waals surface area contributed by atoms with Crippen LogP contribution in [0.4, 0.5) is 0 Å². The molecule has 4 atom stereocenters. The zero-order valence-corrected chi connectivity index (χ0v) is 9.76. The van der Waals surface area contributed by atoms with Gasteiger partial charge in [0.15, 0.2) is 0 Å². The molecule has 3 fully saturated rings. The molecule has 0 unspecified atom stereocenters. The van der Waals surface area contributed by atoms with Crippen LogP contribution in [-0.4, -0.2) is 11.9 Å². The average molecular weight is 228 g/mol. The van der Waals surface area contributed by atoms with Crippen molar-refractivity contribution in [2.75, 3.05) is 0 Å². The van der Waals surface area contributed by atoms with Crippen molar-refractivity contribution in [1.82, 2.24) is 0 Å². The van der Waals surface area contributed by atoms with Crippen LogP contribution < -0.4 is 0 Å². The molecule has 1 aliphatic heterocycles. The van der Waals surface area contributed by atoms with E-state index in [9.17, 15) is 4.79 Å². The quantitative estimate of drug-likeness (QED) is 0.738. The Bertz CT molecular complexity index is 467. The van der Waals surface area contributed by atoms with E-state index < -0.39 is 0 Å². The molecule has 2 saturated carbocycles. The van der Waals surface area contributed by atoms with E-state index in [1.165, 1.54) is 5.56 Å². The number of carbonyl (C=O) groups excluding carboxylic acids is 1. The molecule has 17 heavy (non-hydrogen) atoms. The van der Waals surface area contributed by atoms with Crippen LogP contribution in [0, 0.1) is 11.3 Å². The van der Waals surface area contributed by atoms with Crippen LogP contribution in [0.25, 0.3) is 0 Å². The number of carbonyl (C=O) groups is 1. The summed E-state index contributed by atoms with van der Waals surface area (Å²) >= 11 is 0. The molecule has 1 saturated heterocycles. The van der Waals surface area contributed by atoms with Crippen molar-refractivity contribution < 1.29 is 9.53 Å². The lowest BCUT2D eigenvalue weighted by atomic mass is 9.81. The highest BCUT2D eigenvalue weighted by Crippen LogP contribution is 2.70. The molecular weight excluding hydrogens is 212 g/mol. The Morgan fingerprint density at radius 1 is 1.24 bits per heavy atom. The van der Waals surface area contributed by atoms with Gasteiger partial charge in [-0.05, 0) is 24.8 Å². The van der Waals surface area contributed by atoms with Crippen LogP contribution in [0.2, 0.25) is 0 Å². The molecular formula is C15H16O2. The van der Waals surface area contributed by atoms with E-state index in [1.54, 1.807) is 0 Å². The van der Waals surface area contributed by atoms with Gasteiger partial charge in [-0.3, -0.25) is 4.79 Å². The fraction of sp³-hybridized carbons (Fsp3) is 0.533. The molecule has 4 rings (SSSR count). The van der Waals surface area contributed by atoms with Gasteiger partial charge in [0, 0.05) is 12.3 Å². The van der Waals surface area contributed by atoms with Gasteiger partial charge < -0.3 is 4.74 Å². The van der Waals surface area contributed by atoms with Crippen LogP contribution >= 0.6 is 0 Å². The zero-order valence-electron chi connectivity index (χ0n) is 9.76. The maximum atomic E-state index is 12.1. The monoisotopic (exact) mass is 228 g/mol. The maximum absolute atomic E-state index is 12.1. The molecule has 0 bridgehead atoms. The number of rotatable bonds is 1. The van der Waals surface area contributed by atoms with Crippen molar-refractivity contribution in [2.45, 2.75) is 37.9 Å². The van der Waals surface area contributed by atoms with Crippen molar-refractivity contribution in [3.05, 3.63) is 35.9 Å². The first-order valence-corrected chi connectivity index (χ1v) is 6.56. The summed E-state index contributed by atoms with van der Waals surface area (Å²) in [5.74, 6) is 0.930. The first-order valence-electron chi connectivity index (χ1n) is 6.56. The Balaban J connectivity index is 1.69. The third-order valence-electron chi connectivity index (χ3n) is 4.83. The van der Waals surface area contributed by atoms with Gasteiger partial charge >= 0.3 is 0 Å². The molecule has 1 aromatic rings. The largest absolute Gasteiger partial charge is 0.369 e. The van der Waals surface area contributed by atoms with Gasteiger partial charge in [0.1, 0.15) is 5.78 Å². The minimum absolute atomic E-state index is 0.0707. The highest BCUT2D eigenvalue weighted by molar-refractivity contribution is 5.90. The Hall–Kier alpha value is -1.15. The van der Waals surface area contributed by atoms with Crippen LogP contribution in [0.5, 0.6) is 0 Å². The molecule has 3 aliphatic rings. The van der Waals surface area contributed by atoms with E-state index in [2.05, 4.69) is 24.3 Å². The predicted molar refractivity (Wildman–Crippen MR) is 63.5 cm³/mol. The Kier molecular flexibility index (Phi) is 1.85. The van der Waals surface area contributed by atoms with Crippen molar-refractivity contribution in [3.8, 4) is 0 Å². The molecule has 0 radical (unpaired) electrons. The average Bonchev–Trinajstić information content (AvgIpc) is 3.02. The van der Waals surface area contributed by atoms with E-state index in [4.69, 9.17) is 4.74 Å². The van der Waals surface area contributed by atoms with Crippen LogP contribution in [-0.2, 0) is 9.53 Å². The van der Waals surface area contributed by atoms with Gasteiger partial charge in [0.05, 0.1) is 17.6 Å². The molecule has 0 aromatic heterocycles. The second-order valence-electron chi connectivity index (χ2n) is 5.62. The van der Waals surface area contributed by atoms with E-state index in [0.717, 1.165) is 25.7 Å². The lowest BCUT2D eigenvalue weighted by molar-refractivity contribution is -0.131. The SMILES string of the molecule is O=C1CCC[C@@H]2O[C@@H](c3ccccc3)[C@@H]3C[C@]123. The summed E-state index contributed by atoms with van der Waals surface area (Å²) in [6, 6.07) is 10.4. The van der Waals surface area contributed by atoms with E-state index >= 15 is 0 Å². The third-order valence-corrected chi connectivity index (χ3v) is 4.83. The number of benzene rings is 1. The lowest BCUT2D eigenvalue weighted by Gasteiger charge is -2.27. The van der Waals surface area contributed by atoms with Gasteiger partial charge in [-0.2, -0.15) is 0 Å². The first kappa shape index (κ1) is 9.84. The topological polar surface area (TPSA) is 26.3 Å². The molecule has 1 aromatic carbocycles. The van der Waals surface area contributed by atoms with Crippen LogP contribution in [0.3, 0.4) is 0 Å². The highest BCUT2D eigenvalue weighted by atomic mass is 16.5. The van der Waals surface area contributed by atoms with Crippen LogP contribution in [0.15, 0.2) is 30.3 Å². The predicted octanol–water partition coefficient (Wildman–Crippen LogP) is 2.89. The van der Waals surface area contributed by atoms with E-state index in [-0.39, 0.29) is 17.6 Å². The van der Waals surface area contributed by atoms with Gasteiger partial charge in [-0.1, -0.05) is 30.3 Å². The third kappa shape index (κ3) is 1.17. The summed E-state index contributed by atoms with van der Waals surface area (Å²) in [4.78, 5) is 12.1. The molecule has 0 amide bonds. The summed E-state index contributed by atoms with van der Waals surface area (Å²) in [5, 5.41) is 0. The van der Waals surface area contributed by atoms with Crippen LogP contribution in [0.1, 0.15) is 37.4 Å². The second-order valence-corrected chi connectivity index (χ2v) is 5.62. The standard InChI is InChI=1S/C15H16O2/c16-12-7-4-8-13-15(12)9-11(15)14(17-13)10-5-2-1-3-6-10/h1-3,5-6,11,13-14H,4,7-9H2/t11-,13-,14-,15-/m0/s1. The van der Waals surface area contributed by atoms with E-state index in [1.807, 2.05) is 6.07 Å². The number of Topliss-reactive ketones (excluding diaryl/α,β-unsaturated/α-hetero) is 1. The Labute approximate surface area is 101 Å². The van der Waals surface area contributed by atoms with Gasteiger partial charge in [-0.25, -0.2) is 0 Å². The summed E-state index contributed by atoms with van der Waals surface area (Å²) in [7, 11) is 0. The van der Waals surface area contributed by atoms with Gasteiger partial charge in [0.2, 0.25) is 0 Å². The smallest absolute Gasteiger partial charge is 0.142 e. The van der Waals surface area contributed by atoms with Gasteiger partial charge in [-0.15, -0.1) is 0 Å². The number of hydrogen-bond donors (Lipinski definition) is 0. The molecule has 2 nitrogen and oxygen atoms in total. The highest BCUT2D eigenvalue weighted by Gasteiger charge is 2.72. The summed E-state index contributed by atoms with van der Waals surface area (Å²) in [6.07, 6.45) is 4.31. The first-order chi connectivity index (χ1) is 8.32. The number of ether oxygens (including phenoxy) is 1. The van der Waals surface area contributed by atoms with Crippen molar-refractivity contribution in [1.29, 1.82) is 0 Å². The second kappa shape index (κ2) is 3.20. The fourth-order valence-electron chi connectivity index (χ4n) is 3.91. The lowest BCUT2D eigenvalue weighted by Crippen LogP contribution is -2.33. The molecule has 2 aliphatic carbocycles. The molecule has 1 spiro atoms. The Morgan fingerprint density at radius 3 is 2.82 bits per heavy atom. The Morgan fingerprint density at radius 2 is 2.06 bits per heavy atom. The normalized spacial score (nSPS) is 43.1. The summed E-state index contributed by atoms with van der Waals surface area (Å²) in [6.45, 7) is 0. The number of ketones is 1. The summed E-state index contributed by atoms with van der Waals surface area (Å²) in [5.41, 5.74) is 1.18. The molecule has 2 heteroatoms. The van der Waals surface area contributed by atoms with Crippen molar-refractivity contribution in [2.24, 2.45) is 11.3 Å².